The summed E-state index contributed by atoms with van der Waals surface area (Å²) < 4.78 is 5.24. The molecule has 0 bridgehead atoms. The van der Waals surface area contributed by atoms with Crippen molar-refractivity contribution >= 4 is 0 Å². The predicted octanol–water partition coefficient (Wildman–Crippen LogP) is 3.85. The minimum absolute atomic E-state index is 0.940. The fraction of sp³-hybridized carbons (Fsp3) is 0.368. The molecule has 0 aromatic heterocycles. The van der Waals surface area contributed by atoms with Crippen molar-refractivity contribution < 1.29 is 4.74 Å². The molecule has 21 heavy (non-hydrogen) atoms. The zero-order chi connectivity index (χ0) is 14.8. The molecule has 2 aromatic rings. The summed E-state index contributed by atoms with van der Waals surface area (Å²) in [4.78, 5) is 0. The van der Waals surface area contributed by atoms with Crippen LogP contribution in [-0.4, -0.2) is 20.2 Å². The van der Waals surface area contributed by atoms with Gasteiger partial charge >= 0.3 is 0 Å². The Morgan fingerprint density at radius 2 is 1.62 bits per heavy atom. The molecule has 1 N–H and O–H groups in total. The van der Waals surface area contributed by atoms with Gasteiger partial charge in [-0.15, -0.1) is 0 Å². The largest absolute Gasteiger partial charge is 0.497 e. The predicted molar refractivity (Wildman–Crippen MR) is 88.9 cm³/mol. The standard InChI is InChI=1S/C19H25NO/c1-21-19-12-7-11-18(16-19)13-15-20-14-6-5-10-17-8-3-2-4-9-17/h2-4,7-9,11-12,16,20H,5-6,10,13-15H2,1H3. The van der Waals surface area contributed by atoms with E-state index in [2.05, 4.69) is 47.8 Å². The molecule has 0 spiro atoms. The maximum Gasteiger partial charge on any atom is 0.119 e. The van der Waals surface area contributed by atoms with Crippen molar-refractivity contribution in [3.8, 4) is 5.75 Å². The maximum atomic E-state index is 5.24. The summed E-state index contributed by atoms with van der Waals surface area (Å²) >= 11 is 0. The molecule has 112 valence electrons. The lowest BCUT2D eigenvalue weighted by molar-refractivity contribution is 0.414. The highest BCUT2D eigenvalue weighted by Crippen LogP contribution is 2.12. The molecule has 0 saturated carbocycles. The minimum atomic E-state index is 0.940. The third kappa shape index (κ3) is 6.01. The highest BCUT2D eigenvalue weighted by Gasteiger charge is 1.96. The lowest BCUT2D eigenvalue weighted by Gasteiger charge is -2.06. The van der Waals surface area contributed by atoms with Gasteiger partial charge in [0, 0.05) is 0 Å². The highest BCUT2D eigenvalue weighted by molar-refractivity contribution is 5.28. The molecule has 0 heterocycles. The second-order valence-corrected chi connectivity index (χ2v) is 5.29. The summed E-state index contributed by atoms with van der Waals surface area (Å²) in [6, 6.07) is 19.0. The molecule has 0 aliphatic rings. The van der Waals surface area contributed by atoms with E-state index in [4.69, 9.17) is 4.74 Å². The molecule has 0 atom stereocenters. The van der Waals surface area contributed by atoms with Crippen molar-refractivity contribution in [3.63, 3.8) is 0 Å². The number of unbranched alkanes of at least 4 members (excludes halogenated alkanes) is 1. The first kappa shape index (κ1) is 15.6. The fourth-order valence-corrected chi connectivity index (χ4v) is 2.41. The maximum absolute atomic E-state index is 5.24. The van der Waals surface area contributed by atoms with Gasteiger partial charge < -0.3 is 10.1 Å². The van der Waals surface area contributed by atoms with Gasteiger partial charge in [-0.3, -0.25) is 0 Å². The van der Waals surface area contributed by atoms with Gasteiger partial charge in [-0.25, -0.2) is 0 Å². The van der Waals surface area contributed by atoms with E-state index in [1.54, 1.807) is 7.11 Å². The van der Waals surface area contributed by atoms with Crippen LogP contribution >= 0.6 is 0 Å². The Balaban J connectivity index is 1.54. The van der Waals surface area contributed by atoms with E-state index in [9.17, 15) is 0 Å². The van der Waals surface area contributed by atoms with Gasteiger partial charge in [0.1, 0.15) is 5.75 Å². The van der Waals surface area contributed by atoms with Gasteiger partial charge in [-0.05, 0) is 62.0 Å². The van der Waals surface area contributed by atoms with Gasteiger partial charge in [0.15, 0.2) is 0 Å². The number of benzene rings is 2. The number of ether oxygens (including phenoxy) is 1. The Hall–Kier alpha value is -1.80. The van der Waals surface area contributed by atoms with Crippen LogP contribution in [0.1, 0.15) is 24.0 Å². The molecule has 0 aliphatic heterocycles. The van der Waals surface area contributed by atoms with Gasteiger partial charge in [-0.1, -0.05) is 42.5 Å². The lowest BCUT2D eigenvalue weighted by Crippen LogP contribution is -2.18. The topological polar surface area (TPSA) is 21.3 Å². The van der Waals surface area contributed by atoms with Gasteiger partial charge in [0.2, 0.25) is 0 Å². The highest BCUT2D eigenvalue weighted by atomic mass is 16.5. The monoisotopic (exact) mass is 283 g/mol. The SMILES string of the molecule is COc1cccc(CCNCCCCc2ccccc2)c1. The Kier molecular flexibility index (Phi) is 6.82. The molecule has 0 saturated heterocycles. The lowest BCUT2D eigenvalue weighted by atomic mass is 10.1. The Bertz CT molecular complexity index is 510. The van der Waals surface area contributed by atoms with E-state index < -0.39 is 0 Å². The molecular formula is C19H25NO. The van der Waals surface area contributed by atoms with Gasteiger partial charge in [-0.2, -0.15) is 0 Å². The van der Waals surface area contributed by atoms with Crippen LogP contribution in [0, 0.1) is 0 Å². The van der Waals surface area contributed by atoms with E-state index in [1.807, 2.05) is 12.1 Å². The molecule has 2 rings (SSSR count). The van der Waals surface area contributed by atoms with Crippen molar-refractivity contribution in [2.45, 2.75) is 25.7 Å². The molecular weight excluding hydrogens is 258 g/mol. The third-order valence-corrected chi connectivity index (χ3v) is 3.64. The van der Waals surface area contributed by atoms with Crippen LogP contribution in [0.5, 0.6) is 5.75 Å². The number of nitrogens with one attached hydrogen (secondary N) is 1. The summed E-state index contributed by atoms with van der Waals surface area (Å²) in [7, 11) is 1.71. The van der Waals surface area contributed by atoms with E-state index in [0.717, 1.165) is 25.3 Å². The molecule has 0 fully saturated rings. The molecule has 2 aromatic carbocycles. The number of hydrogen-bond donors (Lipinski definition) is 1. The Morgan fingerprint density at radius 1 is 0.810 bits per heavy atom. The molecule has 0 radical (unpaired) electrons. The second-order valence-electron chi connectivity index (χ2n) is 5.29. The van der Waals surface area contributed by atoms with Crippen LogP contribution in [0.15, 0.2) is 54.6 Å². The average molecular weight is 283 g/mol. The zero-order valence-electron chi connectivity index (χ0n) is 12.8. The average Bonchev–Trinajstić information content (AvgIpc) is 2.55. The van der Waals surface area contributed by atoms with Crippen LogP contribution in [0.25, 0.3) is 0 Å². The van der Waals surface area contributed by atoms with Crippen molar-refractivity contribution in [2.75, 3.05) is 20.2 Å². The second kappa shape index (κ2) is 9.19. The summed E-state index contributed by atoms with van der Waals surface area (Å²) in [5, 5.41) is 3.52. The van der Waals surface area contributed by atoms with E-state index in [1.165, 1.54) is 30.4 Å². The molecule has 2 nitrogen and oxygen atoms in total. The first-order valence-corrected chi connectivity index (χ1v) is 7.76. The summed E-state index contributed by atoms with van der Waals surface area (Å²) in [6.07, 6.45) is 4.71. The van der Waals surface area contributed by atoms with Crippen LogP contribution in [0.3, 0.4) is 0 Å². The number of aryl methyl sites for hydroxylation is 1. The van der Waals surface area contributed by atoms with Crippen molar-refractivity contribution in [3.05, 3.63) is 65.7 Å². The van der Waals surface area contributed by atoms with Gasteiger partial charge in [0.25, 0.3) is 0 Å². The first-order valence-electron chi connectivity index (χ1n) is 7.76. The first-order chi connectivity index (χ1) is 10.4. The van der Waals surface area contributed by atoms with E-state index in [0.29, 0.717) is 0 Å². The van der Waals surface area contributed by atoms with E-state index >= 15 is 0 Å². The van der Waals surface area contributed by atoms with Gasteiger partial charge in [0.05, 0.1) is 7.11 Å². The fourth-order valence-electron chi connectivity index (χ4n) is 2.41. The van der Waals surface area contributed by atoms with Crippen LogP contribution in [0.4, 0.5) is 0 Å². The van der Waals surface area contributed by atoms with Crippen LogP contribution in [0.2, 0.25) is 0 Å². The van der Waals surface area contributed by atoms with Crippen molar-refractivity contribution in [1.82, 2.24) is 5.32 Å². The summed E-state index contributed by atoms with van der Waals surface area (Å²) in [5.74, 6) is 0.940. The summed E-state index contributed by atoms with van der Waals surface area (Å²) in [6.45, 7) is 2.12. The Labute approximate surface area is 128 Å². The molecule has 0 amide bonds. The smallest absolute Gasteiger partial charge is 0.119 e. The molecule has 2 heteroatoms. The van der Waals surface area contributed by atoms with E-state index in [-0.39, 0.29) is 0 Å². The summed E-state index contributed by atoms with van der Waals surface area (Å²) in [5.41, 5.74) is 2.76. The van der Waals surface area contributed by atoms with Crippen molar-refractivity contribution in [2.24, 2.45) is 0 Å². The van der Waals surface area contributed by atoms with Crippen molar-refractivity contribution in [1.29, 1.82) is 0 Å². The molecule has 0 unspecified atom stereocenters. The minimum Gasteiger partial charge on any atom is -0.497 e. The molecule has 0 aliphatic carbocycles. The zero-order valence-corrected chi connectivity index (χ0v) is 12.8. The number of rotatable bonds is 9. The van der Waals surface area contributed by atoms with Crippen LogP contribution < -0.4 is 10.1 Å². The number of hydrogen-bond acceptors (Lipinski definition) is 2. The normalized spacial score (nSPS) is 10.5. The van der Waals surface area contributed by atoms with Crippen LogP contribution in [-0.2, 0) is 12.8 Å². The quantitative estimate of drug-likeness (QED) is 0.706. The third-order valence-electron chi connectivity index (χ3n) is 3.64. The Morgan fingerprint density at radius 3 is 2.43 bits per heavy atom. The number of methoxy groups -OCH3 is 1.